The first-order valence-electron chi connectivity index (χ1n) is 4.15. The van der Waals surface area contributed by atoms with E-state index in [0.717, 1.165) is 24.7 Å². The normalized spacial score (nSPS) is 30.5. The van der Waals surface area contributed by atoms with Crippen LogP contribution < -0.4 is 0 Å². The van der Waals surface area contributed by atoms with Gasteiger partial charge in [0.2, 0.25) is 0 Å². The van der Waals surface area contributed by atoms with E-state index in [4.69, 9.17) is 5.11 Å². The van der Waals surface area contributed by atoms with Gasteiger partial charge in [-0.05, 0) is 31.3 Å². The lowest BCUT2D eigenvalue weighted by Gasteiger charge is -2.26. The summed E-state index contributed by atoms with van der Waals surface area (Å²) in [4.78, 5) is 10.6. The highest BCUT2D eigenvalue weighted by Crippen LogP contribution is 2.31. The van der Waals surface area contributed by atoms with Crippen molar-refractivity contribution in [2.45, 2.75) is 19.8 Å². The first-order valence-corrected chi connectivity index (χ1v) is 4.15. The first-order chi connectivity index (χ1) is 5.70. The van der Waals surface area contributed by atoms with Crippen LogP contribution in [0.2, 0.25) is 0 Å². The van der Waals surface area contributed by atoms with Crippen molar-refractivity contribution in [1.29, 1.82) is 0 Å². The monoisotopic (exact) mass is 170 g/mol. The van der Waals surface area contributed by atoms with E-state index in [1.54, 1.807) is 0 Å². The number of aliphatic hydroxyl groups excluding tert-OH is 2. The van der Waals surface area contributed by atoms with Crippen LogP contribution in [-0.4, -0.2) is 23.1 Å². The Labute approximate surface area is 71.7 Å². The predicted octanol–water partition coefficient (Wildman–Crippen LogP) is 1.04. The van der Waals surface area contributed by atoms with E-state index in [0.29, 0.717) is 0 Å². The molecule has 2 unspecified atom stereocenters. The van der Waals surface area contributed by atoms with Crippen LogP contribution in [0.15, 0.2) is 11.3 Å². The Morgan fingerprint density at radius 2 is 2.33 bits per heavy atom. The van der Waals surface area contributed by atoms with Crippen LogP contribution in [0.25, 0.3) is 0 Å². The third-order valence-corrected chi connectivity index (χ3v) is 2.53. The molecular weight excluding hydrogens is 156 g/mol. The quantitative estimate of drug-likeness (QED) is 0.609. The number of allylic oxidation sites excluding steroid dienone is 2. The van der Waals surface area contributed by atoms with E-state index in [9.17, 15) is 9.90 Å². The zero-order valence-corrected chi connectivity index (χ0v) is 7.16. The largest absolute Gasteiger partial charge is 0.512 e. The van der Waals surface area contributed by atoms with Gasteiger partial charge in [0.05, 0.1) is 5.92 Å². The van der Waals surface area contributed by atoms with E-state index < -0.39 is 5.92 Å². The van der Waals surface area contributed by atoms with Crippen molar-refractivity contribution in [1.82, 2.24) is 0 Å². The van der Waals surface area contributed by atoms with Crippen LogP contribution in [0, 0.1) is 11.8 Å². The Balaban J connectivity index is 2.84. The van der Waals surface area contributed by atoms with Gasteiger partial charge in [-0.3, -0.25) is 0 Å². The Morgan fingerprint density at radius 3 is 2.83 bits per heavy atom. The molecule has 0 spiro atoms. The first kappa shape index (κ1) is 9.26. The van der Waals surface area contributed by atoms with Crippen molar-refractivity contribution in [3.05, 3.63) is 11.3 Å². The molecule has 0 aromatic heterocycles. The molecule has 0 heterocycles. The van der Waals surface area contributed by atoms with Crippen LogP contribution in [0.4, 0.5) is 0 Å². The van der Waals surface area contributed by atoms with Crippen LogP contribution in [0.3, 0.4) is 0 Å². The molecule has 0 amide bonds. The minimum Gasteiger partial charge on any atom is -0.512 e. The zero-order valence-electron chi connectivity index (χ0n) is 7.16. The fourth-order valence-corrected chi connectivity index (χ4v) is 1.60. The number of hydrogen-bond acceptors (Lipinski definition) is 3. The molecule has 3 nitrogen and oxygen atoms in total. The van der Waals surface area contributed by atoms with E-state index in [1.165, 1.54) is 0 Å². The molecule has 0 saturated heterocycles. The maximum absolute atomic E-state index is 10.6. The number of aliphatic hydroxyl groups is 2. The highest BCUT2D eigenvalue weighted by atomic mass is 16.3. The lowest BCUT2D eigenvalue weighted by molar-refractivity contribution is -0.113. The maximum Gasteiger partial charge on any atom is 0.130 e. The molecule has 1 aliphatic rings. The molecule has 0 bridgehead atoms. The minimum atomic E-state index is -0.483. The summed E-state index contributed by atoms with van der Waals surface area (Å²) in [5, 5.41) is 18.4. The Bertz CT molecular complexity index is 208. The molecule has 0 radical (unpaired) electrons. The van der Waals surface area contributed by atoms with Crippen molar-refractivity contribution >= 4 is 6.29 Å². The molecule has 0 aromatic rings. The molecule has 0 fully saturated rings. The van der Waals surface area contributed by atoms with Gasteiger partial charge in [0.15, 0.2) is 0 Å². The molecule has 2 atom stereocenters. The maximum atomic E-state index is 10.6. The van der Waals surface area contributed by atoms with Crippen molar-refractivity contribution in [2.24, 2.45) is 11.8 Å². The summed E-state index contributed by atoms with van der Waals surface area (Å²) in [6.45, 7) is 1.79. The van der Waals surface area contributed by atoms with Gasteiger partial charge >= 0.3 is 0 Å². The molecule has 0 aromatic carbocycles. The summed E-state index contributed by atoms with van der Waals surface area (Å²) in [7, 11) is 0. The standard InChI is InChI=1S/C9H14O3/c1-6-2-3-7(4-10)8(5-11)9(6)12/h5,7-8,10,12H,2-4H2,1H3. The van der Waals surface area contributed by atoms with E-state index in [1.807, 2.05) is 6.92 Å². The van der Waals surface area contributed by atoms with E-state index >= 15 is 0 Å². The Hall–Kier alpha value is -0.830. The minimum absolute atomic E-state index is 0.0270. The average molecular weight is 170 g/mol. The predicted molar refractivity (Wildman–Crippen MR) is 44.7 cm³/mol. The van der Waals surface area contributed by atoms with Crippen LogP contribution in [0.1, 0.15) is 19.8 Å². The van der Waals surface area contributed by atoms with E-state index in [-0.39, 0.29) is 18.3 Å². The number of aldehydes is 1. The summed E-state index contributed by atoms with van der Waals surface area (Å²) in [5.41, 5.74) is 0.872. The van der Waals surface area contributed by atoms with Crippen LogP contribution >= 0.6 is 0 Å². The fourth-order valence-electron chi connectivity index (χ4n) is 1.60. The van der Waals surface area contributed by atoms with E-state index in [2.05, 4.69) is 0 Å². The third kappa shape index (κ3) is 1.50. The molecule has 2 N–H and O–H groups in total. The van der Waals surface area contributed by atoms with Crippen molar-refractivity contribution in [3.8, 4) is 0 Å². The molecular formula is C9H14O3. The van der Waals surface area contributed by atoms with Crippen molar-refractivity contribution in [3.63, 3.8) is 0 Å². The molecule has 68 valence electrons. The SMILES string of the molecule is CC1=C(O)C(C=O)C(CO)CC1. The summed E-state index contributed by atoms with van der Waals surface area (Å²) in [5.74, 6) is -0.412. The van der Waals surface area contributed by atoms with Gasteiger partial charge in [0, 0.05) is 6.61 Å². The molecule has 0 saturated carbocycles. The lowest BCUT2D eigenvalue weighted by Crippen LogP contribution is -2.26. The van der Waals surface area contributed by atoms with Gasteiger partial charge in [-0.15, -0.1) is 0 Å². The summed E-state index contributed by atoms with van der Waals surface area (Å²) in [6.07, 6.45) is 2.29. The second kappa shape index (κ2) is 3.72. The third-order valence-electron chi connectivity index (χ3n) is 2.53. The number of carbonyl (C=O) groups excluding carboxylic acids is 1. The number of carbonyl (C=O) groups is 1. The van der Waals surface area contributed by atoms with Gasteiger partial charge in [-0.25, -0.2) is 0 Å². The van der Waals surface area contributed by atoms with Gasteiger partial charge in [-0.2, -0.15) is 0 Å². The summed E-state index contributed by atoms with van der Waals surface area (Å²) in [6, 6.07) is 0. The lowest BCUT2D eigenvalue weighted by atomic mass is 9.81. The molecule has 0 aliphatic heterocycles. The molecule has 3 heteroatoms. The molecule has 12 heavy (non-hydrogen) atoms. The van der Waals surface area contributed by atoms with Gasteiger partial charge in [-0.1, -0.05) is 0 Å². The van der Waals surface area contributed by atoms with Crippen LogP contribution in [0.5, 0.6) is 0 Å². The zero-order chi connectivity index (χ0) is 9.14. The van der Waals surface area contributed by atoms with Crippen molar-refractivity contribution in [2.75, 3.05) is 6.61 Å². The number of rotatable bonds is 2. The summed E-state index contributed by atoms with van der Waals surface area (Å²) >= 11 is 0. The average Bonchev–Trinajstić information content (AvgIpc) is 2.09. The second-order valence-electron chi connectivity index (χ2n) is 3.31. The highest BCUT2D eigenvalue weighted by molar-refractivity contribution is 5.59. The van der Waals surface area contributed by atoms with Crippen LogP contribution in [-0.2, 0) is 4.79 Å². The smallest absolute Gasteiger partial charge is 0.130 e. The topological polar surface area (TPSA) is 57.5 Å². The van der Waals surface area contributed by atoms with Gasteiger partial charge in [0.25, 0.3) is 0 Å². The number of hydrogen-bond donors (Lipinski definition) is 2. The fraction of sp³-hybridized carbons (Fsp3) is 0.667. The Kier molecular flexibility index (Phi) is 2.87. The Morgan fingerprint density at radius 1 is 1.67 bits per heavy atom. The van der Waals surface area contributed by atoms with Crippen molar-refractivity contribution < 1.29 is 15.0 Å². The summed E-state index contributed by atoms with van der Waals surface area (Å²) < 4.78 is 0. The van der Waals surface area contributed by atoms with Gasteiger partial charge in [0.1, 0.15) is 12.0 Å². The van der Waals surface area contributed by atoms with Gasteiger partial charge < -0.3 is 15.0 Å². The molecule has 1 rings (SSSR count). The molecule has 1 aliphatic carbocycles. The second-order valence-corrected chi connectivity index (χ2v) is 3.31. The highest BCUT2D eigenvalue weighted by Gasteiger charge is 2.29.